The van der Waals surface area contributed by atoms with E-state index in [1.807, 2.05) is 41.8 Å². The van der Waals surface area contributed by atoms with Crippen LogP contribution in [-0.4, -0.2) is 38.5 Å². The predicted octanol–water partition coefficient (Wildman–Crippen LogP) is 3.10. The molecule has 0 saturated carbocycles. The van der Waals surface area contributed by atoms with Crippen LogP contribution in [0.4, 0.5) is 5.69 Å². The summed E-state index contributed by atoms with van der Waals surface area (Å²) >= 11 is 1.34. The minimum Gasteiger partial charge on any atom is -0.495 e. The van der Waals surface area contributed by atoms with Gasteiger partial charge in [0, 0.05) is 12.7 Å². The minimum absolute atomic E-state index is 0.135. The van der Waals surface area contributed by atoms with E-state index >= 15 is 0 Å². The van der Waals surface area contributed by atoms with E-state index in [0.29, 0.717) is 29.0 Å². The van der Waals surface area contributed by atoms with Gasteiger partial charge in [0.25, 0.3) is 0 Å². The average molecular weight is 369 g/mol. The van der Waals surface area contributed by atoms with E-state index in [2.05, 4.69) is 20.5 Å². The van der Waals surface area contributed by atoms with Crippen molar-refractivity contribution in [2.24, 2.45) is 0 Å². The molecule has 0 aliphatic carbocycles. The summed E-state index contributed by atoms with van der Waals surface area (Å²) in [6, 6.07) is 13.0. The summed E-state index contributed by atoms with van der Waals surface area (Å²) in [6.07, 6.45) is 1.72. The number of thioether (sulfide) groups is 1. The normalized spacial score (nSPS) is 10.5. The highest BCUT2D eigenvalue weighted by atomic mass is 32.2. The molecule has 0 unspecified atom stereocenters. The molecule has 8 heteroatoms. The van der Waals surface area contributed by atoms with Gasteiger partial charge in [-0.3, -0.25) is 9.78 Å². The van der Waals surface area contributed by atoms with Crippen molar-refractivity contribution in [3.8, 4) is 17.3 Å². The average Bonchev–Trinajstić information content (AvgIpc) is 3.10. The molecule has 0 bridgehead atoms. The molecule has 134 valence electrons. The summed E-state index contributed by atoms with van der Waals surface area (Å²) in [4.78, 5) is 16.6. The number of aromatic nitrogens is 4. The van der Waals surface area contributed by atoms with Crippen LogP contribution in [0.15, 0.2) is 53.8 Å². The Kier molecular flexibility index (Phi) is 5.85. The van der Waals surface area contributed by atoms with Gasteiger partial charge in [0.15, 0.2) is 11.0 Å². The second kappa shape index (κ2) is 8.48. The third-order valence-electron chi connectivity index (χ3n) is 3.64. The molecule has 0 aliphatic heterocycles. The maximum atomic E-state index is 12.3. The highest BCUT2D eigenvalue weighted by Gasteiger charge is 2.15. The SMILES string of the molecule is CCn1c(SCC(=O)Nc2ccccc2OC)nnc1-c1ccccn1. The largest absolute Gasteiger partial charge is 0.495 e. The first-order valence-corrected chi connectivity index (χ1v) is 9.11. The zero-order valence-electron chi connectivity index (χ0n) is 14.5. The number of para-hydroxylation sites is 2. The number of nitrogens with one attached hydrogen (secondary N) is 1. The lowest BCUT2D eigenvalue weighted by atomic mass is 10.3. The predicted molar refractivity (Wildman–Crippen MR) is 101 cm³/mol. The van der Waals surface area contributed by atoms with Crippen molar-refractivity contribution in [2.45, 2.75) is 18.6 Å². The van der Waals surface area contributed by atoms with E-state index in [-0.39, 0.29) is 11.7 Å². The van der Waals surface area contributed by atoms with Gasteiger partial charge in [-0.05, 0) is 31.2 Å². The van der Waals surface area contributed by atoms with Crippen molar-refractivity contribution in [1.29, 1.82) is 0 Å². The lowest BCUT2D eigenvalue weighted by molar-refractivity contribution is -0.113. The van der Waals surface area contributed by atoms with Crippen molar-refractivity contribution in [1.82, 2.24) is 19.7 Å². The molecule has 0 fully saturated rings. The van der Waals surface area contributed by atoms with Crippen molar-refractivity contribution in [2.75, 3.05) is 18.2 Å². The number of ether oxygens (including phenoxy) is 1. The number of pyridine rings is 1. The van der Waals surface area contributed by atoms with Crippen LogP contribution in [0, 0.1) is 0 Å². The summed E-state index contributed by atoms with van der Waals surface area (Å²) < 4.78 is 7.19. The molecular formula is C18H19N5O2S. The first kappa shape index (κ1) is 17.9. The Morgan fingerprint density at radius 1 is 1.19 bits per heavy atom. The van der Waals surface area contributed by atoms with Gasteiger partial charge < -0.3 is 14.6 Å². The molecule has 7 nitrogen and oxygen atoms in total. The number of hydrogen-bond donors (Lipinski definition) is 1. The Morgan fingerprint density at radius 3 is 2.73 bits per heavy atom. The third kappa shape index (κ3) is 4.02. The molecule has 2 aromatic heterocycles. The third-order valence-corrected chi connectivity index (χ3v) is 4.61. The summed E-state index contributed by atoms with van der Waals surface area (Å²) in [5.41, 5.74) is 1.40. The van der Waals surface area contributed by atoms with Crippen molar-refractivity contribution in [3.05, 3.63) is 48.7 Å². The summed E-state index contributed by atoms with van der Waals surface area (Å²) in [6.45, 7) is 2.70. The number of carbonyl (C=O) groups excluding carboxylic acids is 1. The molecule has 0 atom stereocenters. The Balaban J connectivity index is 1.68. The standard InChI is InChI=1S/C18H19N5O2S/c1-3-23-17(14-9-6-7-11-19-14)21-22-18(23)26-12-16(24)20-13-8-4-5-10-15(13)25-2/h4-11H,3,12H2,1-2H3,(H,20,24). The minimum atomic E-state index is -0.135. The number of amides is 1. The topological polar surface area (TPSA) is 81.9 Å². The van der Waals surface area contributed by atoms with Crippen molar-refractivity contribution >= 4 is 23.4 Å². The van der Waals surface area contributed by atoms with Gasteiger partial charge in [-0.2, -0.15) is 0 Å². The number of hydrogen-bond acceptors (Lipinski definition) is 6. The molecule has 0 radical (unpaired) electrons. The van der Waals surface area contributed by atoms with Gasteiger partial charge in [0.05, 0.1) is 18.6 Å². The van der Waals surface area contributed by atoms with E-state index < -0.39 is 0 Å². The van der Waals surface area contributed by atoms with Crippen LogP contribution in [0.5, 0.6) is 5.75 Å². The van der Waals surface area contributed by atoms with E-state index in [1.54, 1.807) is 25.4 Å². The first-order chi connectivity index (χ1) is 12.7. The van der Waals surface area contributed by atoms with Gasteiger partial charge in [-0.1, -0.05) is 30.0 Å². The van der Waals surface area contributed by atoms with E-state index in [4.69, 9.17) is 4.74 Å². The van der Waals surface area contributed by atoms with E-state index in [0.717, 1.165) is 5.69 Å². The number of nitrogens with zero attached hydrogens (tertiary/aromatic N) is 4. The quantitative estimate of drug-likeness (QED) is 0.645. The van der Waals surface area contributed by atoms with E-state index in [1.165, 1.54) is 11.8 Å². The number of methoxy groups -OCH3 is 1. The molecule has 1 N–H and O–H groups in total. The Morgan fingerprint density at radius 2 is 2.00 bits per heavy atom. The Bertz CT molecular complexity index is 882. The fraction of sp³-hybridized carbons (Fsp3) is 0.222. The van der Waals surface area contributed by atoms with Crippen LogP contribution >= 0.6 is 11.8 Å². The molecule has 0 spiro atoms. The van der Waals surface area contributed by atoms with Gasteiger partial charge in [-0.25, -0.2) is 0 Å². The molecule has 1 amide bonds. The van der Waals surface area contributed by atoms with Crippen LogP contribution in [0.1, 0.15) is 6.92 Å². The molecule has 1 aromatic carbocycles. The molecule has 26 heavy (non-hydrogen) atoms. The molecule has 3 aromatic rings. The highest BCUT2D eigenvalue weighted by Crippen LogP contribution is 2.25. The van der Waals surface area contributed by atoms with Crippen LogP contribution in [0.3, 0.4) is 0 Å². The Labute approximate surface area is 155 Å². The maximum Gasteiger partial charge on any atom is 0.234 e. The number of rotatable bonds is 7. The number of carbonyl (C=O) groups is 1. The van der Waals surface area contributed by atoms with Crippen LogP contribution in [-0.2, 0) is 11.3 Å². The van der Waals surface area contributed by atoms with Crippen LogP contribution in [0.25, 0.3) is 11.5 Å². The van der Waals surface area contributed by atoms with Crippen LogP contribution < -0.4 is 10.1 Å². The summed E-state index contributed by atoms with van der Waals surface area (Å²) in [5, 5.41) is 12.0. The smallest absolute Gasteiger partial charge is 0.234 e. The van der Waals surface area contributed by atoms with Gasteiger partial charge in [-0.15, -0.1) is 10.2 Å². The zero-order valence-corrected chi connectivity index (χ0v) is 15.4. The molecule has 3 rings (SSSR count). The van der Waals surface area contributed by atoms with Gasteiger partial charge >= 0.3 is 0 Å². The van der Waals surface area contributed by atoms with Crippen molar-refractivity contribution < 1.29 is 9.53 Å². The molecule has 2 heterocycles. The van der Waals surface area contributed by atoms with Crippen molar-refractivity contribution in [3.63, 3.8) is 0 Å². The Hall–Kier alpha value is -2.87. The number of anilines is 1. The fourth-order valence-electron chi connectivity index (χ4n) is 2.43. The highest BCUT2D eigenvalue weighted by molar-refractivity contribution is 7.99. The van der Waals surface area contributed by atoms with Crippen LogP contribution in [0.2, 0.25) is 0 Å². The van der Waals surface area contributed by atoms with Gasteiger partial charge in [0.2, 0.25) is 5.91 Å². The summed E-state index contributed by atoms with van der Waals surface area (Å²) in [5.74, 6) is 1.41. The monoisotopic (exact) mass is 369 g/mol. The second-order valence-electron chi connectivity index (χ2n) is 5.30. The fourth-order valence-corrected chi connectivity index (χ4v) is 3.23. The first-order valence-electron chi connectivity index (χ1n) is 8.13. The molecule has 0 aliphatic rings. The lowest BCUT2D eigenvalue weighted by Crippen LogP contribution is -2.15. The number of benzene rings is 1. The van der Waals surface area contributed by atoms with E-state index in [9.17, 15) is 4.79 Å². The summed E-state index contributed by atoms with van der Waals surface area (Å²) in [7, 11) is 1.57. The zero-order chi connectivity index (χ0) is 18.4. The lowest BCUT2D eigenvalue weighted by Gasteiger charge is -2.10. The molecule has 0 saturated heterocycles. The van der Waals surface area contributed by atoms with Gasteiger partial charge in [0.1, 0.15) is 11.4 Å². The molecular weight excluding hydrogens is 350 g/mol. The second-order valence-corrected chi connectivity index (χ2v) is 6.25. The maximum absolute atomic E-state index is 12.3.